The highest BCUT2D eigenvalue weighted by Crippen LogP contribution is 2.68. The number of hydrogen-bond acceptors (Lipinski definition) is 0. The van der Waals surface area contributed by atoms with Crippen LogP contribution >= 0.6 is 0 Å². The maximum absolute atomic E-state index is 4.40. The summed E-state index contributed by atoms with van der Waals surface area (Å²) in [5.74, 6) is 0.874. The molecule has 1 aromatic rings. The van der Waals surface area contributed by atoms with Gasteiger partial charge in [-0.1, -0.05) is 56.3 Å². The van der Waals surface area contributed by atoms with Crippen molar-refractivity contribution >= 4 is 0 Å². The van der Waals surface area contributed by atoms with Crippen molar-refractivity contribution in [3.8, 4) is 0 Å². The Kier molecular flexibility index (Phi) is 2.26. The van der Waals surface area contributed by atoms with E-state index >= 15 is 0 Å². The Morgan fingerprint density at radius 1 is 1.24 bits per heavy atom. The van der Waals surface area contributed by atoms with Gasteiger partial charge < -0.3 is 0 Å². The highest BCUT2D eigenvalue weighted by atomic mass is 14.6. The molecule has 0 aliphatic heterocycles. The van der Waals surface area contributed by atoms with Crippen LogP contribution in [0.2, 0.25) is 0 Å². The Labute approximate surface area is 105 Å². The molecule has 2 atom stereocenters. The Morgan fingerprint density at radius 3 is 2.47 bits per heavy atom. The van der Waals surface area contributed by atoms with E-state index in [0.717, 1.165) is 5.92 Å². The van der Waals surface area contributed by atoms with E-state index in [1.807, 2.05) is 0 Å². The Balaban J connectivity index is 1.98. The van der Waals surface area contributed by atoms with Gasteiger partial charge in [-0.15, -0.1) is 0 Å². The van der Waals surface area contributed by atoms with Gasteiger partial charge in [-0.25, -0.2) is 0 Å². The molecule has 2 aliphatic rings. The molecule has 0 saturated heterocycles. The second-order valence-corrected chi connectivity index (χ2v) is 6.51. The Morgan fingerprint density at radius 2 is 1.94 bits per heavy atom. The predicted octanol–water partition coefficient (Wildman–Crippen LogP) is 4.61. The lowest BCUT2D eigenvalue weighted by atomic mass is 9.65. The minimum Gasteiger partial charge on any atom is -0.0993 e. The van der Waals surface area contributed by atoms with Crippen molar-refractivity contribution in [2.45, 2.75) is 39.5 Å². The molecule has 17 heavy (non-hydrogen) atoms. The van der Waals surface area contributed by atoms with Gasteiger partial charge in [0.05, 0.1) is 0 Å². The first kappa shape index (κ1) is 11.1. The van der Waals surface area contributed by atoms with Crippen LogP contribution in [0.3, 0.4) is 0 Å². The van der Waals surface area contributed by atoms with Gasteiger partial charge >= 0.3 is 0 Å². The maximum Gasteiger partial charge on any atom is 0.000361 e. The fourth-order valence-corrected chi connectivity index (χ4v) is 4.36. The van der Waals surface area contributed by atoms with Crippen LogP contribution in [-0.2, 0) is 6.42 Å². The summed E-state index contributed by atoms with van der Waals surface area (Å²) in [6, 6.07) is 11.0. The lowest BCUT2D eigenvalue weighted by molar-refractivity contribution is 0.158. The van der Waals surface area contributed by atoms with Crippen molar-refractivity contribution in [3.63, 3.8) is 0 Å². The summed E-state index contributed by atoms with van der Waals surface area (Å²) in [7, 11) is 0. The molecule has 0 heteroatoms. The number of allylic oxidation sites excluding steroid dienone is 1. The smallest absolute Gasteiger partial charge is 0.000361 e. The largest absolute Gasteiger partial charge is 0.0993 e. The molecule has 2 fully saturated rings. The molecule has 0 heterocycles. The van der Waals surface area contributed by atoms with Crippen LogP contribution in [0, 0.1) is 16.7 Å². The second-order valence-electron chi connectivity index (χ2n) is 6.51. The van der Waals surface area contributed by atoms with Crippen LogP contribution in [0.1, 0.15) is 38.7 Å². The summed E-state index contributed by atoms with van der Waals surface area (Å²) in [4.78, 5) is 0. The van der Waals surface area contributed by atoms with Crippen LogP contribution in [0.4, 0.5) is 0 Å². The molecule has 0 amide bonds. The van der Waals surface area contributed by atoms with E-state index in [1.54, 1.807) is 0 Å². The third-order valence-corrected chi connectivity index (χ3v) is 5.69. The van der Waals surface area contributed by atoms with Crippen LogP contribution in [0.5, 0.6) is 0 Å². The molecule has 2 aliphatic carbocycles. The van der Waals surface area contributed by atoms with Crippen molar-refractivity contribution in [3.05, 3.63) is 48.0 Å². The van der Waals surface area contributed by atoms with E-state index in [2.05, 4.69) is 50.8 Å². The SMILES string of the molecule is C=C1CC2CCC1(Cc1ccccc1)C2(C)C. The molecular formula is C17H22. The van der Waals surface area contributed by atoms with Crippen LogP contribution in [0.15, 0.2) is 42.5 Å². The molecule has 0 radical (unpaired) electrons. The van der Waals surface area contributed by atoms with E-state index in [0.29, 0.717) is 10.8 Å². The number of benzene rings is 1. The molecule has 1 aromatic carbocycles. The van der Waals surface area contributed by atoms with Crippen LogP contribution < -0.4 is 0 Å². The van der Waals surface area contributed by atoms with E-state index in [-0.39, 0.29) is 0 Å². The summed E-state index contributed by atoms with van der Waals surface area (Å²) in [5, 5.41) is 0. The van der Waals surface area contributed by atoms with Gasteiger partial charge in [-0.3, -0.25) is 0 Å². The molecular weight excluding hydrogens is 204 g/mol. The quantitative estimate of drug-likeness (QED) is 0.646. The molecule has 0 N–H and O–H groups in total. The summed E-state index contributed by atoms with van der Waals surface area (Å²) in [6.07, 6.45) is 5.20. The molecule has 90 valence electrons. The summed E-state index contributed by atoms with van der Waals surface area (Å²) in [5.41, 5.74) is 3.81. The Hall–Kier alpha value is -1.04. The van der Waals surface area contributed by atoms with Gasteiger partial charge in [-0.2, -0.15) is 0 Å². The number of rotatable bonds is 2. The normalized spacial score (nSPS) is 34.2. The zero-order chi connectivity index (χ0) is 12.1. The minimum atomic E-state index is 0.374. The van der Waals surface area contributed by atoms with Gasteiger partial charge in [0.2, 0.25) is 0 Å². The van der Waals surface area contributed by atoms with Crippen molar-refractivity contribution in [2.24, 2.45) is 16.7 Å². The lowest BCUT2D eigenvalue weighted by Gasteiger charge is -2.39. The molecule has 3 rings (SSSR count). The van der Waals surface area contributed by atoms with Gasteiger partial charge in [0.25, 0.3) is 0 Å². The molecule has 2 bridgehead atoms. The van der Waals surface area contributed by atoms with Gasteiger partial charge in [-0.05, 0) is 42.6 Å². The fourth-order valence-electron chi connectivity index (χ4n) is 4.36. The molecule has 2 unspecified atom stereocenters. The number of fused-ring (bicyclic) bond motifs is 2. The van der Waals surface area contributed by atoms with Crippen molar-refractivity contribution < 1.29 is 0 Å². The van der Waals surface area contributed by atoms with Gasteiger partial charge in [0, 0.05) is 5.41 Å². The maximum atomic E-state index is 4.40. The fraction of sp³-hybridized carbons (Fsp3) is 0.529. The van der Waals surface area contributed by atoms with E-state index in [4.69, 9.17) is 0 Å². The highest BCUT2D eigenvalue weighted by molar-refractivity contribution is 5.32. The highest BCUT2D eigenvalue weighted by Gasteiger charge is 2.60. The van der Waals surface area contributed by atoms with E-state index in [1.165, 1.54) is 36.8 Å². The summed E-state index contributed by atoms with van der Waals surface area (Å²) < 4.78 is 0. The predicted molar refractivity (Wildman–Crippen MR) is 72.8 cm³/mol. The van der Waals surface area contributed by atoms with E-state index in [9.17, 15) is 0 Å². The standard InChI is InChI=1S/C17H22/c1-13-11-15-9-10-17(13,16(15,2)3)12-14-7-5-4-6-8-14/h4-8,15H,1,9-12H2,2-3H3. The monoisotopic (exact) mass is 226 g/mol. The van der Waals surface area contributed by atoms with Crippen molar-refractivity contribution in [1.29, 1.82) is 0 Å². The molecule has 2 saturated carbocycles. The van der Waals surface area contributed by atoms with Crippen molar-refractivity contribution in [1.82, 2.24) is 0 Å². The minimum absolute atomic E-state index is 0.374. The number of hydrogen-bond donors (Lipinski definition) is 0. The average Bonchev–Trinajstić information content (AvgIpc) is 2.64. The summed E-state index contributed by atoms with van der Waals surface area (Å²) in [6.45, 7) is 9.33. The summed E-state index contributed by atoms with van der Waals surface area (Å²) >= 11 is 0. The first-order chi connectivity index (χ1) is 8.06. The van der Waals surface area contributed by atoms with Crippen LogP contribution in [0.25, 0.3) is 0 Å². The third kappa shape index (κ3) is 1.36. The first-order valence-electron chi connectivity index (χ1n) is 6.78. The zero-order valence-corrected chi connectivity index (χ0v) is 11.0. The third-order valence-electron chi connectivity index (χ3n) is 5.69. The molecule has 0 spiro atoms. The zero-order valence-electron chi connectivity index (χ0n) is 11.0. The van der Waals surface area contributed by atoms with Gasteiger partial charge in [0.15, 0.2) is 0 Å². The average molecular weight is 226 g/mol. The van der Waals surface area contributed by atoms with Gasteiger partial charge in [0.1, 0.15) is 0 Å². The van der Waals surface area contributed by atoms with Crippen LogP contribution in [-0.4, -0.2) is 0 Å². The topological polar surface area (TPSA) is 0 Å². The lowest BCUT2D eigenvalue weighted by Crippen LogP contribution is -2.33. The van der Waals surface area contributed by atoms with Crippen molar-refractivity contribution in [2.75, 3.05) is 0 Å². The Bertz CT molecular complexity index is 440. The first-order valence-corrected chi connectivity index (χ1v) is 6.78. The molecule has 0 nitrogen and oxygen atoms in total. The van der Waals surface area contributed by atoms with E-state index < -0.39 is 0 Å². The second kappa shape index (κ2) is 3.48. The molecule has 0 aromatic heterocycles.